The molecule has 120 valence electrons. The van der Waals surface area contributed by atoms with Crippen LogP contribution in [-0.4, -0.2) is 11.0 Å². The Balaban J connectivity index is 2.04. The number of benzene rings is 2. The number of phenolic OH excluding ortho intramolecular Hbond substituents is 1. The van der Waals surface area contributed by atoms with Crippen LogP contribution in [0.25, 0.3) is 11.0 Å². The fourth-order valence-corrected chi connectivity index (χ4v) is 3.32. The van der Waals surface area contributed by atoms with Gasteiger partial charge in [0.2, 0.25) is 5.76 Å². The Morgan fingerprint density at radius 2 is 1.92 bits per heavy atom. The van der Waals surface area contributed by atoms with Crippen molar-refractivity contribution in [3.63, 3.8) is 0 Å². The standard InChI is InChI=1S/C19H15NO4/c1-9-6-10(2)17-13(7-9)16(22)14-15(20-19(23)18(14)24-17)11-4-3-5-12(21)8-11/h3-8,15,21H,1-2H3,(H,20,23). The molecule has 0 radical (unpaired) electrons. The number of phenols is 1. The van der Waals surface area contributed by atoms with E-state index in [0.717, 1.165) is 11.1 Å². The first-order valence-electron chi connectivity index (χ1n) is 7.63. The highest BCUT2D eigenvalue weighted by molar-refractivity contribution is 5.99. The van der Waals surface area contributed by atoms with Crippen LogP contribution in [0.5, 0.6) is 5.75 Å². The summed E-state index contributed by atoms with van der Waals surface area (Å²) in [5.74, 6) is -0.294. The minimum absolute atomic E-state index is 0.0489. The molecule has 24 heavy (non-hydrogen) atoms. The number of rotatable bonds is 1. The Hall–Kier alpha value is -3.08. The van der Waals surface area contributed by atoms with Gasteiger partial charge in [-0.15, -0.1) is 0 Å². The molecule has 1 aromatic heterocycles. The first-order valence-corrected chi connectivity index (χ1v) is 7.63. The zero-order valence-corrected chi connectivity index (χ0v) is 13.2. The van der Waals surface area contributed by atoms with Gasteiger partial charge in [-0.05, 0) is 48.7 Å². The van der Waals surface area contributed by atoms with Crippen molar-refractivity contribution in [1.82, 2.24) is 5.32 Å². The third kappa shape index (κ3) is 2.01. The van der Waals surface area contributed by atoms with E-state index in [2.05, 4.69) is 5.32 Å². The first kappa shape index (κ1) is 14.5. The smallest absolute Gasteiger partial charge is 0.288 e. The molecule has 0 saturated carbocycles. The van der Waals surface area contributed by atoms with Crippen LogP contribution in [0.3, 0.4) is 0 Å². The van der Waals surface area contributed by atoms with Crippen molar-refractivity contribution in [2.24, 2.45) is 0 Å². The van der Waals surface area contributed by atoms with E-state index in [1.165, 1.54) is 12.1 Å². The molecule has 0 spiro atoms. The molecule has 0 bridgehead atoms. The predicted octanol–water partition coefficient (Wildman–Crippen LogP) is 2.95. The van der Waals surface area contributed by atoms with Crippen LogP contribution in [0.2, 0.25) is 0 Å². The number of hydrogen-bond acceptors (Lipinski definition) is 4. The number of fused-ring (bicyclic) bond motifs is 2. The molecule has 2 heterocycles. The molecule has 1 atom stereocenters. The summed E-state index contributed by atoms with van der Waals surface area (Å²) < 4.78 is 5.79. The lowest BCUT2D eigenvalue weighted by Crippen LogP contribution is -2.21. The van der Waals surface area contributed by atoms with Crippen LogP contribution in [-0.2, 0) is 0 Å². The Kier molecular flexibility index (Phi) is 3.00. The fraction of sp³-hybridized carbons (Fsp3) is 0.158. The molecule has 1 unspecified atom stereocenters. The molecule has 2 N–H and O–H groups in total. The summed E-state index contributed by atoms with van der Waals surface area (Å²) in [7, 11) is 0. The number of aromatic hydroxyl groups is 1. The van der Waals surface area contributed by atoms with E-state index in [1.54, 1.807) is 18.2 Å². The molecule has 3 aromatic rings. The molecule has 4 rings (SSSR count). The van der Waals surface area contributed by atoms with Gasteiger partial charge in [0.05, 0.1) is 17.0 Å². The van der Waals surface area contributed by atoms with Crippen molar-refractivity contribution in [2.45, 2.75) is 19.9 Å². The van der Waals surface area contributed by atoms with Gasteiger partial charge in [0.1, 0.15) is 11.3 Å². The maximum atomic E-state index is 13.0. The van der Waals surface area contributed by atoms with E-state index in [0.29, 0.717) is 22.1 Å². The lowest BCUT2D eigenvalue weighted by Gasteiger charge is -2.12. The largest absolute Gasteiger partial charge is 0.508 e. The predicted molar refractivity (Wildman–Crippen MR) is 89.4 cm³/mol. The van der Waals surface area contributed by atoms with E-state index in [4.69, 9.17) is 4.42 Å². The molecule has 1 aliphatic rings. The van der Waals surface area contributed by atoms with E-state index in [9.17, 15) is 14.7 Å². The number of aryl methyl sites for hydroxylation is 2. The minimum Gasteiger partial charge on any atom is -0.508 e. The molecule has 5 heteroatoms. The topological polar surface area (TPSA) is 79.5 Å². The number of carbonyl (C=O) groups excluding carboxylic acids is 1. The Labute approximate surface area is 137 Å². The second-order valence-electron chi connectivity index (χ2n) is 6.13. The average molecular weight is 321 g/mol. The lowest BCUT2D eigenvalue weighted by atomic mass is 9.98. The summed E-state index contributed by atoms with van der Waals surface area (Å²) in [6.45, 7) is 3.76. The Bertz CT molecular complexity index is 1060. The number of nitrogens with one attached hydrogen (secondary N) is 1. The SMILES string of the molecule is Cc1cc(C)c2oc3c(c(=O)c2c1)C(c1cccc(O)c1)NC3=O. The maximum absolute atomic E-state index is 13.0. The van der Waals surface area contributed by atoms with Crippen molar-refractivity contribution in [3.05, 3.63) is 74.6 Å². The maximum Gasteiger partial charge on any atom is 0.288 e. The van der Waals surface area contributed by atoms with Gasteiger partial charge in [-0.1, -0.05) is 18.2 Å². The molecule has 0 aliphatic carbocycles. The average Bonchev–Trinajstić information content (AvgIpc) is 2.86. The molecule has 1 amide bonds. The van der Waals surface area contributed by atoms with E-state index >= 15 is 0 Å². The highest BCUT2D eigenvalue weighted by atomic mass is 16.3. The van der Waals surface area contributed by atoms with Crippen LogP contribution >= 0.6 is 0 Å². The Morgan fingerprint density at radius 1 is 1.12 bits per heavy atom. The van der Waals surface area contributed by atoms with Gasteiger partial charge in [-0.3, -0.25) is 9.59 Å². The second-order valence-corrected chi connectivity index (χ2v) is 6.13. The van der Waals surface area contributed by atoms with Gasteiger partial charge in [-0.25, -0.2) is 0 Å². The van der Waals surface area contributed by atoms with Crippen molar-refractivity contribution in [2.75, 3.05) is 0 Å². The fourth-order valence-electron chi connectivity index (χ4n) is 3.32. The molecule has 0 saturated heterocycles. The normalized spacial score (nSPS) is 16.2. The number of hydrogen-bond donors (Lipinski definition) is 2. The molecular formula is C19H15NO4. The zero-order valence-electron chi connectivity index (χ0n) is 13.2. The third-order valence-electron chi connectivity index (χ3n) is 4.33. The van der Waals surface area contributed by atoms with E-state index < -0.39 is 11.9 Å². The summed E-state index contributed by atoms with van der Waals surface area (Å²) in [6, 6.07) is 9.56. The summed E-state index contributed by atoms with van der Waals surface area (Å²) >= 11 is 0. The molecular weight excluding hydrogens is 306 g/mol. The van der Waals surface area contributed by atoms with Gasteiger partial charge in [0.15, 0.2) is 5.43 Å². The van der Waals surface area contributed by atoms with Crippen LogP contribution in [0.1, 0.15) is 38.9 Å². The van der Waals surface area contributed by atoms with Crippen LogP contribution < -0.4 is 10.7 Å². The van der Waals surface area contributed by atoms with Gasteiger partial charge < -0.3 is 14.8 Å². The van der Waals surface area contributed by atoms with Gasteiger partial charge in [0.25, 0.3) is 5.91 Å². The van der Waals surface area contributed by atoms with Crippen molar-refractivity contribution >= 4 is 16.9 Å². The quantitative estimate of drug-likeness (QED) is 0.722. The number of carbonyl (C=O) groups is 1. The highest BCUT2D eigenvalue weighted by Crippen LogP contribution is 2.33. The van der Waals surface area contributed by atoms with Crippen LogP contribution in [0.15, 0.2) is 45.6 Å². The molecule has 1 aliphatic heterocycles. The van der Waals surface area contributed by atoms with Crippen molar-refractivity contribution in [3.8, 4) is 5.75 Å². The monoisotopic (exact) mass is 321 g/mol. The van der Waals surface area contributed by atoms with Crippen molar-refractivity contribution < 1.29 is 14.3 Å². The summed E-state index contributed by atoms with van der Waals surface area (Å²) in [5.41, 5.74) is 2.93. The first-order chi connectivity index (χ1) is 11.5. The Morgan fingerprint density at radius 3 is 2.67 bits per heavy atom. The second kappa shape index (κ2) is 4.96. The number of amides is 1. The lowest BCUT2D eigenvalue weighted by molar-refractivity contribution is 0.0938. The van der Waals surface area contributed by atoms with Gasteiger partial charge in [-0.2, -0.15) is 0 Å². The summed E-state index contributed by atoms with van der Waals surface area (Å²) in [5, 5.41) is 12.9. The molecule has 5 nitrogen and oxygen atoms in total. The van der Waals surface area contributed by atoms with Gasteiger partial charge >= 0.3 is 0 Å². The highest BCUT2D eigenvalue weighted by Gasteiger charge is 2.36. The molecule has 2 aromatic carbocycles. The zero-order chi connectivity index (χ0) is 17.0. The van der Waals surface area contributed by atoms with E-state index in [1.807, 2.05) is 19.9 Å². The summed E-state index contributed by atoms with van der Waals surface area (Å²) in [6.07, 6.45) is 0. The molecule has 0 fully saturated rings. The van der Waals surface area contributed by atoms with Gasteiger partial charge in [0, 0.05) is 0 Å². The van der Waals surface area contributed by atoms with E-state index in [-0.39, 0.29) is 16.9 Å². The van der Waals surface area contributed by atoms with Crippen LogP contribution in [0, 0.1) is 13.8 Å². The minimum atomic E-state index is -0.624. The van der Waals surface area contributed by atoms with Crippen LogP contribution in [0.4, 0.5) is 0 Å². The summed E-state index contributed by atoms with van der Waals surface area (Å²) in [4.78, 5) is 25.3. The van der Waals surface area contributed by atoms with Crippen molar-refractivity contribution in [1.29, 1.82) is 0 Å². The third-order valence-corrected chi connectivity index (χ3v) is 4.33.